The lowest BCUT2D eigenvalue weighted by atomic mass is 10.1. The number of rotatable bonds is 9. The van der Waals surface area contributed by atoms with Gasteiger partial charge in [-0.3, -0.25) is 4.79 Å². The number of nitrogens with zero attached hydrogens (tertiary/aromatic N) is 1. The molecule has 8 heteroatoms. The van der Waals surface area contributed by atoms with E-state index in [0.717, 1.165) is 5.56 Å². The Bertz CT molecular complexity index is 1240. The van der Waals surface area contributed by atoms with Gasteiger partial charge in [-0.05, 0) is 61.0 Å². The van der Waals surface area contributed by atoms with Crippen LogP contribution in [0.25, 0.3) is 6.08 Å². The minimum atomic E-state index is -0.531. The molecule has 3 rings (SSSR count). The van der Waals surface area contributed by atoms with Crippen LogP contribution in [0.5, 0.6) is 17.2 Å². The average Bonchev–Trinajstić information content (AvgIpc) is 2.84. The molecule has 0 aliphatic carbocycles. The van der Waals surface area contributed by atoms with Gasteiger partial charge in [-0.2, -0.15) is 5.26 Å². The number of carbonyl (C=O) groups excluding carboxylic acids is 1. The van der Waals surface area contributed by atoms with Gasteiger partial charge in [0, 0.05) is 20.7 Å². The molecule has 0 unspecified atom stereocenters. The summed E-state index contributed by atoms with van der Waals surface area (Å²) in [7, 11) is 1.52. The molecule has 0 bridgehead atoms. The molecule has 0 saturated carbocycles. The number of ether oxygens (including phenoxy) is 3. The molecule has 0 atom stereocenters. The second-order valence-corrected chi connectivity index (χ2v) is 8.25. The van der Waals surface area contributed by atoms with Crippen LogP contribution in [0.1, 0.15) is 18.1 Å². The molecule has 0 spiro atoms. The van der Waals surface area contributed by atoms with E-state index in [2.05, 4.69) is 21.2 Å². The van der Waals surface area contributed by atoms with Crippen LogP contribution >= 0.6 is 27.5 Å². The minimum Gasteiger partial charge on any atom is -0.494 e. The molecule has 0 fully saturated rings. The highest BCUT2D eigenvalue weighted by atomic mass is 79.9. The van der Waals surface area contributed by atoms with E-state index in [1.807, 2.05) is 31.2 Å². The zero-order chi connectivity index (χ0) is 24.5. The zero-order valence-electron chi connectivity index (χ0n) is 18.6. The fourth-order valence-electron chi connectivity index (χ4n) is 3.01. The van der Waals surface area contributed by atoms with Gasteiger partial charge in [0.2, 0.25) is 0 Å². The Labute approximate surface area is 211 Å². The van der Waals surface area contributed by atoms with Crippen molar-refractivity contribution in [1.29, 1.82) is 5.26 Å². The summed E-state index contributed by atoms with van der Waals surface area (Å²) < 4.78 is 17.4. The van der Waals surface area contributed by atoms with E-state index >= 15 is 0 Å². The Kier molecular flexibility index (Phi) is 8.97. The number of benzene rings is 3. The van der Waals surface area contributed by atoms with E-state index in [1.165, 1.54) is 13.2 Å². The normalized spacial score (nSPS) is 10.9. The van der Waals surface area contributed by atoms with Crippen molar-refractivity contribution in [3.63, 3.8) is 0 Å². The molecule has 0 aliphatic rings. The number of carbonyl (C=O) groups is 1. The van der Waals surface area contributed by atoms with Crippen molar-refractivity contribution in [3.05, 3.63) is 86.9 Å². The van der Waals surface area contributed by atoms with Crippen molar-refractivity contribution in [2.45, 2.75) is 13.5 Å². The van der Waals surface area contributed by atoms with Crippen molar-refractivity contribution in [2.24, 2.45) is 0 Å². The van der Waals surface area contributed by atoms with Crippen LogP contribution < -0.4 is 19.5 Å². The Balaban J connectivity index is 1.78. The smallest absolute Gasteiger partial charge is 0.266 e. The van der Waals surface area contributed by atoms with Crippen molar-refractivity contribution in [3.8, 4) is 23.3 Å². The summed E-state index contributed by atoms with van der Waals surface area (Å²) in [5.41, 5.74) is 1.90. The first-order chi connectivity index (χ1) is 16.4. The third-order valence-electron chi connectivity index (χ3n) is 4.71. The van der Waals surface area contributed by atoms with Crippen LogP contribution in [0.4, 0.5) is 5.69 Å². The van der Waals surface area contributed by atoms with Gasteiger partial charge in [0.15, 0.2) is 11.5 Å². The Hall–Kier alpha value is -3.47. The minimum absolute atomic E-state index is 0.0682. The first-order valence-electron chi connectivity index (χ1n) is 10.3. The van der Waals surface area contributed by atoms with E-state index in [-0.39, 0.29) is 12.2 Å². The molecule has 6 nitrogen and oxygen atoms in total. The van der Waals surface area contributed by atoms with Crippen LogP contribution in [0.2, 0.25) is 5.02 Å². The number of anilines is 1. The summed E-state index contributed by atoms with van der Waals surface area (Å²) in [5, 5.41) is 12.9. The van der Waals surface area contributed by atoms with Crippen molar-refractivity contribution < 1.29 is 19.0 Å². The largest absolute Gasteiger partial charge is 0.494 e. The van der Waals surface area contributed by atoms with E-state index in [0.29, 0.717) is 44.6 Å². The summed E-state index contributed by atoms with van der Waals surface area (Å²) in [6.07, 6.45) is 1.48. The molecule has 3 aromatic rings. The molecular weight excluding hydrogens is 520 g/mol. The number of halogens is 2. The maximum Gasteiger partial charge on any atom is 0.266 e. The van der Waals surface area contributed by atoms with Gasteiger partial charge in [0.1, 0.15) is 24.0 Å². The van der Waals surface area contributed by atoms with Crippen molar-refractivity contribution >= 4 is 45.2 Å². The van der Waals surface area contributed by atoms with Crippen LogP contribution in [-0.2, 0) is 11.4 Å². The third kappa shape index (κ3) is 6.53. The first kappa shape index (κ1) is 25.2. The van der Waals surface area contributed by atoms with Crippen molar-refractivity contribution in [2.75, 3.05) is 19.0 Å². The van der Waals surface area contributed by atoms with Crippen LogP contribution in [0, 0.1) is 11.3 Å². The van der Waals surface area contributed by atoms with E-state index < -0.39 is 5.91 Å². The summed E-state index contributed by atoms with van der Waals surface area (Å²) in [5.74, 6) is 1.11. The van der Waals surface area contributed by atoms with Gasteiger partial charge >= 0.3 is 0 Å². The van der Waals surface area contributed by atoms with Gasteiger partial charge in [-0.1, -0.05) is 45.7 Å². The maximum atomic E-state index is 12.7. The number of nitrogens with one attached hydrogen (secondary N) is 1. The van der Waals surface area contributed by atoms with Crippen LogP contribution in [0.3, 0.4) is 0 Å². The number of hydrogen-bond acceptors (Lipinski definition) is 5. The third-order valence-corrected chi connectivity index (χ3v) is 5.77. The predicted octanol–water partition coefficient (Wildman–Crippen LogP) is 6.63. The monoisotopic (exact) mass is 540 g/mol. The maximum absolute atomic E-state index is 12.7. The van der Waals surface area contributed by atoms with Crippen LogP contribution in [0.15, 0.2) is 70.7 Å². The highest BCUT2D eigenvalue weighted by molar-refractivity contribution is 9.10. The molecule has 0 radical (unpaired) electrons. The molecule has 0 aromatic heterocycles. The summed E-state index contributed by atoms with van der Waals surface area (Å²) >= 11 is 9.69. The van der Waals surface area contributed by atoms with Gasteiger partial charge in [-0.15, -0.1) is 0 Å². The second-order valence-electron chi connectivity index (χ2n) is 6.99. The SMILES string of the molecule is CCOc1ccc(NC(=O)/C(C#N)=C\c2cc(OC)c(OCc3ccccc3Cl)cc2Br)cc1. The van der Waals surface area contributed by atoms with Gasteiger partial charge in [0.25, 0.3) is 5.91 Å². The highest BCUT2D eigenvalue weighted by Gasteiger charge is 2.14. The summed E-state index contributed by atoms with van der Waals surface area (Å²) in [6.45, 7) is 2.70. The van der Waals surface area contributed by atoms with Gasteiger partial charge < -0.3 is 19.5 Å². The van der Waals surface area contributed by atoms with E-state index in [1.54, 1.807) is 42.5 Å². The quantitative estimate of drug-likeness (QED) is 0.243. The fraction of sp³-hybridized carbons (Fsp3) is 0.154. The topological polar surface area (TPSA) is 80.6 Å². The molecule has 34 heavy (non-hydrogen) atoms. The molecule has 0 heterocycles. The van der Waals surface area contributed by atoms with E-state index in [4.69, 9.17) is 25.8 Å². The number of hydrogen-bond donors (Lipinski definition) is 1. The molecular formula is C26H22BrClN2O4. The van der Waals surface area contributed by atoms with Crippen LogP contribution in [-0.4, -0.2) is 19.6 Å². The Morgan fingerprint density at radius 3 is 2.50 bits per heavy atom. The summed E-state index contributed by atoms with van der Waals surface area (Å²) in [4.78, 5) is 12.7. The lowest BCUT2D eigenvalue weighted by Crippen LogP contribution is -2.13. The predicted molar refractivity (Wildman–Crippen MR) is 136 cm³/mol. The lowest BCUT2D eigenvalue weighted by molar-refractivity contribution is -0.112. The Morgan fingerprint density at radius 2 is 1.85 bits per heavy atom. The Morgan fingerprint density at radius 1 is 1.12 bits per heavy atom. The average molecular weight is 542 g/mol. The second kappa shape index (κ2) is 12.1. The zero-order valence-corrected chi connectivity index (χ0v) is 20.9. The fourth-order valence-corrected chi connectivity index (χ4v) is 3.64. The lowest BCUT2D eigenvalue weighted by Gasteiger charge is -2.14. The molecule has 174 valence electrons. The number of methoxy groups -OCH3 is 1. The van der Waals surface area contributed by atoms with Gasteiger partial charge in [0.05, 0.1) is 13.7 Å². The number of amides is 1. The molecule has 1 N–H and O–H groups in total. The molecule has 3 aromatic carbocycles. The molecule has 0 saturated heterocycles. The van der Waals surface area contributed by atoms with E-state index in [9.17, 15) is 10.1 Å². The first-order valence-corrected chi connectivity index (χ1v) is 11.5. The standard InChI is InChI=1S/C26H22BrClN2O4/c1-3-33-21-10-8-20(9-11-21)30-26(31)19(15-29)12-18-13-24(32-2)25(14-22(18)27)34-16-17-6-4-5-7-23(17)28/h4-14H,3,16H2,1-2H3,(H,30,31)/b19-12-. The highest BCUT2D eigenvalue weighted by Crippen LogP contribution is 2.35. The van der Waals surface area contributed by atoms with Crippen molar-refractivity contribution in [1.82, 2.24) is 0 Å². The molecule has 1 amide bonds. The molecule has 0 aliphatic heterocycles. The number of nitriles is 1. The van der Waals surface area contributed by atoms with Gasteiger partial charge in [-0.25, -0.2) is 0 Å². The summed E-state index contributed by atoms with van der Waals surface area (Å²) in [6, 6.07) is 19.7.